The molecule has 1 heteroatoms. The Hall–Kier alpha value is -2.14. The Labute approximate surface area is 122 Å². The average Bonchev–Trinajstić information content (AvgIpc) is 2.49. The second-order valence-corrected chi connectivity index (χ2v) is 4.65. The van der Waals surface area contributed by atoms with E-state index in [0.717, 1.165) is 24.8 Å². The highest BCUT2D eigenvalue weighted by atomic mass is 16.3. The maximum atomic E-state index is 9.16. The molecule has 0 heterocycles. The Bertz CT molecular complexity index is 528. The van der Waals surface area contributed by atoms with Crippen LogP contribution in [0.25, 0.3) is 0 Å². The van der Waals surface area contributed by atoms with Gasteiger partial charge in [0, 0.05) is 12.0 Å². The maximum absolute atomic E-state index is 9.16. The fraction of sp³-hybridized carbons (Fsp3) is 0.368. The average molecular weight is 264 g/mol. The number of hydrogen-bond donors (Lipinski definition) is 1. The number of terminal acetylenes is 2. The molecule has 0 saturated heterocycles. The van der Waals surface area contributed by atoms with E-state index in [0.29, 0.717) is 0 Å². The minimum atomic E-state index is -0.988. The van der Waals surface area contributed by atoms with E-state index >= 15 is 0 Å². The van der Waals surface area contributed by atoms with Crippen molar-refractivity contribution in [3.63, 3.8) is 0 Å². The second-order valence-electron chi connectivity index (χ2n) is 4.65. The summed E-state index contributed by atoms with van der Waals surface area (Å²) in [6.07, 6.45) is 16.0. The summed E-state index contributed by atoms with van der Waals surface area (Å²) in [5, 5.41) is 9.16. The predicted molar refractivity (Wildman–Crippen MR) is 83.8 cm³/mol. The number of unbranched alkanes of at least 4 members (excludes halogenated alkanes) is 4. The lowest BCUT2D eigenvalue weighted by atomic mass is 10.0. The fourth-order valence-corrected chi connectivity index (χ4v) is 1.86. The molecule has 20 heavy (non-hydrogen) atoms. The standard InChI is InChI=1S/C19H20O/c1-3-5-6-7-8-9-10-17-11-13-18(14-12-17)15-16-19(20)4-2/h1-2,11-14,19-20H,5-10H2/t19-/m1/s1. The van der Waals surface area contributed by atoms with Crippen LogP contribution in [0.4, 0.5) is 0 Å². The van der Waals surface area contributed by atoms with Crippen molar-refractivity contribution >= 4 is 0 Å². The zero-order valence-corrected chi connectivity index (χ0v) is 11.7. The number of rotatable bonds is 6. The highest BCUT2D eigenvalue weighted by Crippen LogP contribution is 2.10. The molecule has 1 rings (SSSR count). The zero-order chi connectivity index (χ0) is 14.6. The van der Waals surface area contributed by atoms with E-state index in [9.17, 15) is 0 Å². The topological polar surface area (TPSA) is 20.2 Å². The van der Waals surface area contributed by atoms with Gasteiger partial charge in [0.15, 0.2) is 6.10 Å². The quantitative estimate of drug-likeness (QED) is 0.618. The first-order valence-corrected chi connectivity index (χ1v) is 6.94. The van der Waals surface area contributed by atoms with E-state index in [2.05, 4.69) is 35.8 Å². The molecule has 1 nitrogen and oxygen atoms in total. The van der Waals surface area contributed by atoms with Gasteiger partial charge in [-0.3, -0.25) is 0 Å². The van der Waals surface area contributed by atoms with Crippen LogP contribution in [-0.4, -0.2) is 11.2 Å². The van der Waals surface area contributed by atoms with Crippen molar-refractivity contribution in [1.82, 2.24) is 0 Å². The molecule has 0 aromatic heterocycles. The van der Waals surface area contributed by atoms with Crippen LogP contribution in [0.5, 0.6) is 0 Å². The molecule has 102 valence electrons. The van der Waals surface area contributed by atoms with Gasteiger partial charge >= 0.3 is 0 Å². The van der Waals surface area contributed by atoms with Crippen molar-refractivity contribution in [2.24, 2.45) is 0 Å². The summed E-state index contributed by atoms with van der Waals surface area (Å²) in [4.78, 5) is 0. The van der Waals surface area contributed by atoms with Gasteiger partial charge in [0.05, 0.1) is 0 Å². The minimum absolute atomic E-state index is 0.872. The molecule has 0 radical (unpaired) electrons. The molecule has 1 N–H and O–H groups in total. The van der Waals surface area contributed by atoms with Crippen LogP contribution in [0, 0.1) is 36.5 Å². The molecule has 0 aliphatic carbocycles. The lowest BCUT2D eigenvalue weighted by molar-refractivity contribution is 0.290. The van der Waals surface area contributed by atoms with Gasteiger partial charge in [0.1, 0.15) is 0 Å². The maximum Gasteiger partial charge on any atom is 0.176 e. The van der Waals surface area contributed by atoms with Crippen molar-refractivity contribution in [2.75, 3.05) is 0 Å². The van der Waals surface area contributed by atoms with Crippen LogP contribution < -0.4 is 0 Å². The highest BCUT2D eigenvalue weighted by Gasteiger charge is 1.95. The van der Waals surface area contributed by atoms with Crippen molar-refractivity contribution in [1.29, 1.82) is 0 Å². The van der Waals surface area contributed by atoms with Crippen molar-refractivity contribution in [3.05, 3.63) is 35.4 Å². The van der Waals surface area contributed by atoms with Gasteiger partial charge < -0.3 is 5.11 Å². The smallest absolute Gasteiger partial charge is 0.176 e. The van der Waals surface area contributed by atoms with Crippen LogP contribution in [0.1, 0.15) is 43.2 Å². The Morgan fingerprint density at radius 1 is 1.00 bits per heavy atom. The lowest BCUT2D eigenvalue weighted by Gasteiger charge is -2.01. The summed E-state index contributed by atoms with van der Waals surface area (Å²) in [7, 11) is 0. The molecule has 0 unspecified atom stereocenters. The van der Waals surface area contributed by atoms with Gasteiger partial charge in [0.2, 0.25) is 0 Å². The fourth-order valence-electron chi connectivity index (χ4n) is 1.86. The summed E-state index contributed by atoms with van der Waals surface area (Å²) in [6.45, 7) is 0. The molecular weight excluding hydrogens is 244 g/mol. The molecule has 0 amide bonds. The van der Waals surface area contributed by atoms with Crippen molar-refractivity contribution in [2.45, 2.75) is 44.6 Å². The van der Waals surface area contributed by atoms with E-state index in [1.165, 1.54) is 24.8 Å². The van der Waals surface area contributed by atoms with Crippen LogP contribution in [0.3, 0.4) is 0 Å². The van der Waals surface area contributed by atoms with Gasteiger partial charge in [-0.05, 0) is 37.0 Å². The van der Waals surface area contributed by atoms with Gasteiger partial charge in [-0.2, -0.15) is 0 Å². The third-order valence-corrected chi connectivity index (χ3v) is 3.00. The summed E-state index contributed by atoms with van der Waals surface area (Å²) in [5.74, 6) is 10.3. The van der Waals surface area contributed by atoms with Gasteiger partial charge in [0.25, 0.3) is 0 Å². The van der Waals surface area contributed by atoms with E-state index in [1.54, 1.807) is 0 Å². The summed E-state index contributed by atoms with van der Waals surface area (Å²) >= 11 is 0. The number of hydrogen-bond acceptors (Lipinski definition) is 1. The largest absolute Gasteiger partial charge is 0.369 e. The van der Waals surface area contributed by atoms with Crippen LogP contribution in [0.15, 0.2) is 24.3 Å². The third kappa shape index (κ3) is 6.70. The first kappa shape index (κ1) is 15.9. The lowest BCUT2D eigenvalue weighted by Crippen LogP contribution is -1.96. The zero-order valence-electron chi connectivity index (χ0n) is 11.7. The molecule has 0 bridgehead atoms. The van der Waals surface area contributed by atoms with Crippen molar-refractivity contribution < 1.29 is 5.11 Å². The van der Waals surface area contributed by atoms with Gasteiger partial charge in [-0.15, -0.1) is 18.8 Å². The predicted octanol–water partition coefficient (Wildman–Crippen LogP) is 3.16. The summed E-state index contributed by atoms with van der Waals surface area (Å²) in [5.41, 5.74) is 2.18. The van der Waals surface area contributed by atoms with Crippen molar-refractivity contribution in [3.8, 4) is 36.5 Å². The van der Waals surface area contributed by atoms with Gasteiger partial charge in [-0.1, -0.05) is 42.7 Å². The molecule has 0 spiro atoms. The molecule has 1 atom stereocenters. The Kier molecular flexibility index (Phi) is 7.76. The number of benzene rings is 1. The normalized spacial score (nSPS) is 10.8. The molecular formula is C19H20O. The first-order valence-electron chi connectivity index (χ1n) is 6.94. The summed E-state index contributed by atoms with van der Waals surface area (Å²) in [6, 6.07) is 8.08. The first-order chi connectivity index (χ1) is 9.76. The Balaban J connectivity index is 2.34. The number of aryl methyl sites for hydroxylation is 1. The van der Waals surface area contributed by atoms with E-state index in [1.807, 2.05) is 12.1 Å². The molecule has 0 aliphatic heterocycles. The van der Waals surface area contributed by atoms with Gasteiger partial charge in [-0.25, -0.2) is 0 Å². The van der Waals surface area contributed by atoms with E-state index in [4.69, 9.17) is 18.0 Å². The molecule has 0 saturated carbocycles. The minimum Gasteiger partial charge on any atom is -0.369 e. The Morgan fingerprint density at radius 2 is 1.70 bits per heavy atom. The monoisotopic (exact) mass is 264 g/mol. The van der Waals surface area contributed by atoms with E-state index in [-0.39, 0.29) is 0 Å². The molecule has 1 aromatic rings. The van der Waals surface area contributed by atoms with Crippen LogP contribution in [0.2, 0.25) is 0 Å². The highest BCUT2D eigenvalue weighted by molar-refractivity contribution is 5.38. The second kappa shape index (κ2) is 9.75. The Morgan fingerprint density at radius 3 is 2.35 bits per heavy atom. The molecule has 0 aliphatic rings. The third-order valence-electron chi connectivity index (χ3n) is 3.00. The molecule has 0 fully saturated rings. The number of aliphatic hydroxyl groups excluding tert-OH is 1. The van der Waals surface area contributed by atoms with E-state index < -0.39 is 6.10 Å². The number of aliphatic hydroxyl groups is 1. The summed E-state index contributed by atoms with van der Waals surface area (Å²) < 4.78 is 0. The van der Waals surface area contributed by atoms with Crippen LogP contribution >= 0.6 is 0 Å². The SMILES string of the molecule is C#CCCCCCCc1ccc(C#C[C@H](O)C#C)cc1. The molecule has 1 aromatic carbocycles. The van der Waals surface area contributed by atoms with Crippen LogP contribution in [-0.2, 0) is 6.42 Å².